The van der Waals surface area contributed by atoms with E-state index >= 15 is 0 Å². The molecule has 0 aliphatic heterocycles. The third kappa shape index (κ3) is 3.21. The van der Waals surface area contributed by atoms with Crippen LogP contribution >= 0.6 is 27.5 Å². The zero-order chi connectivity index (χ0) is 15.5. The van der Waals surface area contributed by atoms with Crippen LogP contribution in [0.15, 0.2) is 59.2 Å². The summed E-state index contributed by atoms with van der Waals surface area (Å²) < 4.78 is 0.799. The summed E-state index contributed by atoms with van der Waals surface area (Å²) in [7, 11) is 0. The van der Waals surface area contributed by atoms with E-state index in [4.69, 9.17) is 11.6 Å². The SMILES string of the molecule is O=C(Nc1cccc(-c2ccn[nH]2)c1)c1cc(Br)ccc1Cl. The summed E-state index contributed by atoms with van der Waals surface area (Å²) in [6.07, 6.45) is 1.68. The lowest BCUT2D eigenvalue weighted by Gasteiger charge is -2.08. The number of anilines is 1. The van der Waals surface area contributed by atoms with Gasteiger partial charge < -0.3 is 5.32 Å². The number of amides is 1. The molecular formula is C16H11BrClN3O. The maximum absolute atomic E-state index is 12.3. The summed E-state index contributed by atoms with van der Waals surface area (Å²) >= 11 is 9.41. The van der Waals surface area contributed by atoms with E-state index in [0.29, 0.717) is 16.3 Å². The van der Waals surface area contributed by atoms with E-state index < -0.39 is 0 Å². The highest BCUT2D eigenvalue weighted by Gasteiger charge is 2.11. The molecule has 3 rings (SSSR count). The molecule has 0 aliphatic rings. The van der Waals surface area contributed by atoms with Crippen LogP contribution in [0.2, 0.25) is 5.02 Å². The van der Waals surface area contributed by atoms with E-state index in [1.54, 1.807) is 24.4 Å². The number of H-pyrrole nitrogens is 1. The second-order valence-electron chi connectivity index (χ2n) is 4.63. The molecule has 6 heteroatoms. The number of carbonyl (C=O) groups is 1. The van der Waals surface area contributed by atoms with Gasteiger partial charge in [-0.15, -0.1) is 0 Å². The minimum Gasteiger partial charge on any atom is -0.322 e. The van der Waals surface area contributed by atoms with Gasteiger partial charge >= 0.3 is 0 Å². The van der Waals surface area contributed by atoms with Gasteiger partial charge in [0.2, 0.25) is 0 Å². The molecule has 0 aliphatic carbocycles. The van der Waals surface area contributed by atoms with Crippen molar-refractivity contribution in [1.29, 1.82) is 0 Å². The van der Waals surface area contributed by atoms with Crippen LogP contribution < -0.4 is 5.32 Å². The standard InChI is InChI=1S/C16H11BrClN3O/c17-11-4-5-14(18)13(9-11)16(22)20-12-3-1-2-10(8-12)15-6-7-19-21-15/h1-9H,(H,19,21)(H,20,22). The number of nitrogens with zero attached hydrogens (tertiary/aromatic N) is 1. The van der Waals surface area contributed by atoms with Gasteiger partial charge in [-0.1, -0.05) is 39.7 Å². The Bertz CT molecular complexity index is 818. The number of benzene rings is 2. The molecule has 2 N–H and O–H groups in total. The molecule has 0 radical (unpaired) electrons. The molecule has 1 aromatic heterocycles. The smallest absolute Gasteiger partial charge is 0.257 e. The third-order valence-corrected chi connectivity index (χ3v) is 3.93. The molecule has 0 saturated carbocycles. The molecular weight excluding hydrogens is 366 g/mol. The Hall–Kier alpha value is -2.11. The van der Waals surface area contributed by atoms with E-state index in [2.05, 4.69) is 31.4 Å². The van der Waals surface area contributed by atoms with Gasteiger partial charge in [0.15, 0.2) is 0 Å². The van der Waals surface area contributed by atoms with Crippen LogP contribution in [0.3, 0.4) is 0 Å². The topological polar surface area (TPSA) is 57.8 Å². The number of aromatic amines is 1. The molecule has 0 fully saturated rings. The summed E-state index contributed by atoms with van der Waals surface area (Å²) in [4.78, 5) is 12.3. The van der Waals surface area contributed by atoms with Crippen molar-refractivity contribution in [3.05, 3.63) is 69.8 Å². The molecule has 3 aromatic rings. The van der Waals surface area contributed by atoms with Gasteiger partial charge in [-0.2, -0.15) is 5.10 Å². The van der Waals surface area contributed by atoms with Gasteiger partial charge in [0.25, 0.3) is 5.91 Å². The summed E-state index contributed by atoms with van der Waals surface area (Å²) in [5, 5.41) is 10.1. The first-order chi connectivity index (χ1) is 10.6. The Morgan fingerprint density at radius 2 is 2.05 bits per heavy atom. The maximum Gasteiger partial charge on any atom is 0.257 e. The van der Waals surface area contributed by atoms with Crippen LogP contribution in [0.1, 0.15) is 10.4 Å². The predicted molar refractivity (Wildman–Crippen MR) is 91.1 cm³/mol. The predicted octanol–water partition coefficient (Wildman–Crippen LogP) is 4.74. The van der Waals surface area contributed by atoms with Crippen LogP contribution in [0.5, 0.6) is 0 Å². The first-order valence-electron chi connectivity index (χ1n) is 6.50. The molecule has 22 heavy (non-hydrogen) atoms. The summed E-state index contributed by atoms with van der Waals surface area (Å²) in [6, 6.07) is 14.5. The Labute approximate surface area is 140 Å². The number of nitrogens with one attached hydrogen (secondary N) is 2. The second-order valence-corrected chi connectivity index (χ2v) is 5.95. The Morgan fingerprint density at radius 1 is 1.18 bits per heavy atom. The van der Waals surface area contributed by atoms with Gasteiger partial charge in [0.05, 0.1) is 16.3 Å². The van der Waals surface area contributed by atoms with Gasteiger partial charge in [-0.3, -0.25) is 9.89 Å². The molecule has 1 heterocycles. The second kappa shape index (κ2) is 6.34. The van der Waals surface area contributed by atoms with E-state index in [9.17, 15) is 4.79 Å². The summed E-state index contributed by atoms with van der Waals surface area (Å²) in [5.74, 6) is -0.256. The highest BCUT2D eigenvalue weighted by molar-refractivity contribution is 9.10. The summed E-state index contributed by atoms with van der Waals surface area (Å²) in [6.45, 7) is 0. The Balaban J connectivity index is 1.85. The first kappa shape index (κ1) is 14.8. The minimum absolute atomic E-state index is 0.256. The minimum atomic E-state index is -0.256. The molecule has 0 saturated heterocycles. The van der Waals surface area contributed by atoms with E-state index in [1.807, 2.05) is 30.3 Å². The monoisotopic (exact) mass is 375 g/mol. The van der Waals surface area contributed by atoms with E-state index in [1.165, 1.54) is 0 Å². The van der Waals surface area contributed by atoms with Crippen LogP contribution in [0.4, 0.5) is 5.69 Å². The van der Waals surface area contributed by atoms with Crippen molar-refractivity contribution in [1.82, 2.24) is 10.2 Å². The fourth-order valence-electron chi connectivity index (χ4n) is 2.05. The molecule has 1 amide bonds. The lowest BCUT2D eigenvalue weighted by Crippen LogP contribution is -2.12. The Morgan fingerprint density at radius 3 is 2.82 bits per heavy atom. The highest BCUT2D eigenvalue weighted by Crippen LogP contribution is 2.24. The zero-order valence-electron chi connectivity index (χ0n) is 11.3. The molecule has 2 aromatic carbocycles. The number of carbonyl (C=O) groups excluding carboxylic acids is 1. The first-order valence-corrected chi connectivity index (χ1v) is 7.67. The average Bonchev–Trinajstić information content (AvgIpc) is 3.04. The Kier molecular flexibility index (Phi) is 4.27. The van der Waals surface area contributed by atoms with Crippen LogP contribution in [-0.2, 0) is 0 Å². The van der Waals surface area contributed by atoms with E-state index in [-0.39, 0.29) is 5.91 Å². The van der Waals surface area contributed by atoms with Gasteiger partial charge in [0, 0.05) is 21.9 Å². The number of halogens is 2. The fraction of sp³-hybridized carbons (Fsp3) is 0. The maximum atomic E-state index is 12.3. The van der Waals surface area contributed by atoms with Gasteiger partial charge in [0.1, 0.15) is 0 Å². The van der Waals surface area contributed by atoms with Crippen molar-refractivity contribution in [2.24, 2.45) is 0 Å². The summed E-state index contributed by atoms with van der Waals surface area (Å²) in [5.41, 5.74) is 2.93. The highest BCUT2D eigenvalue weighted by atomic mass is 79.9. The lowest BCUT2D eigenvalue weighted by molar-refractivity contribution is 0.102. The van der Waals surface area contributed by atoms with Crippen molar-refractivity contribution in [3.63, 3.8) is 0 Å². The molecule has 4 nitrogen and oxygen atoms in total. The van der Waals surface area contributed by atoms with Crippen molar-refractivity contribution >= 4 is 39.1 Å². The van der Waals surface area contributed by atoms with Crippen molar-refractivity contribution in [3.8, 4) is 11.3 Å². The van der Waals surface area contributed by atoms with Gasteiger partial charge in [-0.05, 0) is 36.4 Å². The molecule has 0 atom stereocenters. The molecule has 0 spiro atoms. The lowest BCUT2D eigenvalue weighted by atomic mass is 10.1. The molecule has 0 unspecified atom stereocenters. The van der Waals surface area contributed by atoms with Crippen LogP contribution in [-0.4, -0.2) is 16.1 Å². The number of hydrogen-bond acceptors (Lipinski definition) is 2. The third-order valence-electron chi connectivity index (χ3n) is 3.11. The van der Waals surface area contributed by atoms with Gasteiger partial charge in [-0.25, -0.2) is 0 Å². The van der Waals surface area contributed by atoms with Crippen LogP contribution in [0.25, 0.3) is 11.3 Å². The van der Waals surface area contributed by atoms with Crippen molar-refractivity contribution in [2.75, 3.05) is 5.32 Å². The zero-order valence-corrected chi connectivity index (χ0v) is 13.6. The molecule has 0 bridgehead atoms. The molecule has 110 valence electrons. The largest absolute Gasteiger partial charge is 0.322 e. The van der Waals surface area contributed by atoms with Crippen molar-refractivity contribution < 1.29 is 4.79 Å². The quantitative estimate of drug-likeness (QED) is 0.693. The number of hydrogen-bond donors (Lipinski definition) is 2. The van der Waals surface area contributed by atoms with Crippen LogP contribution in [0, 0.1) is 0 Å². The fourth-order valence-corrected chi connectivity index (χ4v) is 2.62. The number of aromatic nitrogens is 2. The normalized spacial score (nSPS) is 10.5. The average molecular weight is 377 g/mol. The van der Waals surface area contributed by atoms with E-state index in [0.717, 1.165) is 15.7 Å². The van der Waals surface area contributed by atoms with Crippen molar-refractivity contribution in [2.45, 2.75) is 0 Å². The number of rotatable bonds is 3.